The largest absolute Gasteiger partial charge is 0.382 e. The number of hydrogen-bond acceptors (Lipinski definition) is 6. The molecule has 1 fully saturated rings. The Morgan fingerprint density at radius 3 is 2.79 bits per heavy atom. The molecule has 8 heteroatoms. The fourth-order valence-electron chi connectivity index (χ4n) is 4.00. The molecular formula is C21H20FN7. The Balaban J connectivity index is 1.55. The molecule has 146 valence electrons. The molecule has 2 N–H and O–H groups in total. The number of nitrogen functional groups attached to an aromatic ring is 1. The third kappa shape index (κ3) is 3.06. The number of aryl methyl sites for hydroxylation is 1. The number of aromatic nitrogens is 5. The Kier molecular flexibility index (Phi) is 4.12. The Morgan fingerprint density at radius 2 is 1.97 bits per heavy atom. The van der Waals surface area contributed by atoms with Crippen LogP contribution in [0.4, 0.5) is 16.0 Å². The van der Waals surface area contributed by atoms with Crippen LogP contribution in [0.25, 0.3) is 16.9 Å². The van der Waals surface area contributed by atoms with E-state index in [9.17, 15) is 4.39 Å². The average Bonchev–Trinajstić information content (AvgIpc) is 3.32. The van der Waals surface area contributed by atoms with Crippen molar-refractivity contribution in [3.63, 3.8) is 0 Å². The lowest BCUT2D eigenvalue weighted by atomic mass is 10.0. The van der Waals surface area contributed by atoms with Gasteiger partial charge >= 0.3 is 0 Å². The molecule has 0 bridgehead atoms. The molecule has 7 nitrogen and oxygen atoms in total. The zero-order chi connectivity index (χ0) is 20.0. The fourth-order valence-corrected chi connectivity index (χ4v) is 4.00. The summed E-state index contributed by atoms with van der Waals surface area (Å²) >= 11 is 0. The molecule has 0 spiro atoms. The van der Waals surface area contributed by atoms with E-state index in [1.807, 2.05) is 31.3 Å². The van der Waals surface area contributed by atoms with Gasteiger partial charge in [-0.25, -0.2) is 23.9 Å². The van der Waals surface area contributed by atoms with Gasteiger partial charge in [-0.15, -0.1) is 5.10 Å². The molecule has 0 aliphatic carbocycles. The van der Waals surface area contributed by atoms with E-state index in [2.05, 4.69) is 25.0 Å². The van der Waals surface area contributed by atoms with Gasteiger partial charge in [0.05, 0.1) is 17.3 Å². The number of nitrogens with zero attached hydrogens (tertiary/aromatic N) is 6. The number of nitrogens with two attached hydrogens (primary N) is 1. The van der Waals surface area contributed by atoms with Crippen LogP contribution in [0, 0.1) is 12.7 Å². The van der Waals surface area contributed by atoms with Crippen LogP contribution in [0.3, 0.4) is 0 Å². The Morgan fingerprint density at radius 1 is 1.14 bits per heavy atom. The molecule has 0 radical (unpaired) electrons. The SMILES string of the molecule is Cc1cnc2c(-c3cc(N4CCCC4c4ccc(F)cc4)ncn3)c(N)nn2c1. The van der Waals surface area contributed by atoms with Gasteiger partial charge < -0.3 is 10.6 Å². The summed E-state index contributed by atoms with van der Waals surface area (Å²) in [5.74, 6) is 0.964. The van der Waals surface area contributed by atoms with Crippen molar-refractivity contribution in [2.75, 3.05) is 17.2 Å². The third-order valence-electron chi connectivity index (χ3n) is 5.34. The molecule has 0 amide bonds. The maximum absolute atomic E-state index is 13.3. The molecule has 1 aliphatic rings. The Hall–Kier alpha value is -3.55. The normalized spacial score (nSPS) is 16.6. The lowest BCUT2D eigenvalue weighted by molar-refractivity contribution is 0.624. The van der Waals surface area contributed by atoms with Crippen LogP contribution in [-0.2, 0) is 0 Å². The van der Waals surface area contributed by atoms with Gasteiger partial charge in [0.1, 0.15) is 18.0 Å². The van der Waals surface area contributed by atoms with Crippen LogP contribution in [-0.4, -0.2) is 31.1 Å². The monoisotopic (exact) mass is 389 g/mol. The second kappa shape index (κ2) is 6.80. The van der Waals surface area contributed by atoms with Gasteiger partial charge in [-0.3, -0.25) is 0 Å². The van der Waals surface area contributed by atoms with E-state index < -0.39 is 0 Å². The molecule has 29 heavy (non-hydrogen) atoms. The van der Waals surface area contributed by atoms with E-state index >= 15 is 0 Å². The highest BCUT2D eigenvalue weighted by Gasteiger charge is 2.28. The number of halogens is 1. The number of anilines is 2. The summed E-state index contributed by atoms with van der Waals surface area (Å²) in [5, 5.41) is 4.37. The summed E-state index contributed by atoms with van der Waals surface area (Å²) in [6, 6.07) is 8.78. The first-order valence-corrected chi connectivity index (χ1v) is 9.55. The lowest BCUT2D eigenvalue weighted by Crippen LogP contribution is -2.23. The molecule has 4 aromatic rings. The van der Waals surface area contributed by atoms with Crippen LogP contribution in [0.5, 0.6) is 0 Å². The second-order valence-corrected chi connectivity index (χ2v) is 7.32. The fraction of sp³-hybridized carbons (Fsp3) is 0.238. The minimum Gasteiger partial charge on any atom is -0.382 e. The van der Waals surface area contributed by atoms with Crippen LogP contribution in [0.1, 0.15) is 30.0 Å². The van der Waals surface area contributed by atoms with Crippen LogP contribution in [0.2, 0.25) is 0 Å². The average molecular weight is 389 g/mol. The predicted octanol–water partition coefficient (Wildman–Crippen LogP) is 3.56. The molecule has 5 rings (SSSR count). The maximum atomic E-state index is 13.3. The van der Waals surface area contributed by atoms with Crippen molar-refractivity contribution >= 4 is 17.3 Å². The lowest BCUT2D eigenvalue weighted by Gasteiger charge is -2.26. The van der Waals surface area contributed by atoms with Crippen molar-refractivity contribution in [3.8, 4) is 11.3 Å². The van der Waals surface area contributed by atoms with Crippen molar-refractivity contribution in [2.24, 2.45) is 0 Å². The minimum atomic E-state index is -0.228. The van der Waals surface area contributed by atoms with Gasteiger partial charge in [0.25, 0.3) is 0 Å². The second-order valence-electron chi connectivity index (χ2n) is 7.32. The number of rotatable bonds is 3. The first kappa shape index (κ1) is 17.5. The summed E-state index contributed by atoms with van der Waals surface area (Å²) in [4.78, 5) is 15.7. The third-order valence-corrected chi connectivity index (χ3v) is 5.34. The van der Waals surface area contributed by atoms with Crippen molar-refractivity contribution in [1.82, 2.24) is 24.6 Å². The first-order chi connectivity index (χ1) is 14.1. The number of fused-ring (bicyclic) bond motifs is 1. The van der Waals surface area contributed by atoms with Crippen molar-refractivity contribution in [3.05, 3.63) is 66.0 Å². The van der Waals surface area contributed by atoms with Crippen molar-refractivity contribution in [2.45, 2.75) is 25.8 Å². The zero-order valence-electron chi connectivity index (χ0n) is 16.0. The van der Waals surface area contributed by atoms with Crippen molar-refractivity contribution < 1.29 is 4.39 Å². The van der Waals surface area contributed by atoms with E-state index in [-0.39, 0.29) is 11.9 Å². The molecule has 0 saturated carbocycles. The maximum Gasteiger partial charge on any atom is 0.166 e. The minimum absolute atomic E-state index is 0.153. The van der Waals surface area contributed by atoms with E-state index in [4.69, 9.17) is 5.73 Å². The molecule has 1 saturated heterocycles. The molecular weight excluding hydrogens is 369 g/mol. The molecule has 4 heterocycles. The number of benzene rings is 1. The van der Waals surface area contributed by atoms with Crippen LogP contribution < -0.4 is 10.6 Å². The molecule has 1 atom stereocenters. The molecule has 3 aromatic heterocycles. The highest BCUT2D eigenvalue weighted by Crippen LogP contribution is 2.37. The quantitative estimate of drug-likeness (QED) is 0.577. The topological polar surface area (TPSA) is 85.2 Å². The zero-order valence-corrected chi connectivity index (χ0v) is 16.0. The van der Waals surface area contributed by atoms with Gasteiger partial charge in [-0.05, 0) is 43.0 Å². The van der Waals surface area contributed by atoms with Gasteiger partial charge in [-0.2, -0.15) is 0 Å². The van der Waals surface area contributed by atoms with E-state index in [1.54, 1.807) is 17.0 Å². The van der Waals surface area contributed by atoms with E-state index in [0.717, 1.165) is 36.3 Å². The summed E-state index contributed by atoms with van der Waals surface area (Å²) in [5.41, 5.74) is 10.3. The summed E-state index contributed by atoms with van der Waals surface area (Å²) in [7, 11) is 0. The van der Waals surface area contributed by atoms with E-state index in [0.29, 0.717) is 22.7 Å². The smallest absolute Gasteiger partial charge is 0.166 e. The highest BCUT2D eigenvalue weighted by molar-refractivity contribution is 5.85. The molecule has 1 aromatic carbocycles. The molecule has 1 unspecified atom stereocenters. The first-order valence-electron chi connectivity index (χ1n) is 9.55. The van der Waals surface area contributed by atoms with Gasteiger partial charge in [0.15, 0.2) is 11.5 Å². The van der Waals surface area contributed by atoms with Gasteiger partial charge in [0.2, 0.25) is 0 Å². The van der Waals surface area contributed by atoms with Gasteiger partial charge in [0, 0.05) is 25.0 Å². The predicted molar refractivity (Wildman–Crippen MR) is 109 cm³/mol. The highest BCUT2D eigenvalue weighted by atomic mass is 19.1. The number of hydrogen-bond donors (Lipinski definition) is 1. The van der Waals surface area contributed by atoms with Crippen LogP contribution >= 0.6 is 0 Å². The molecule has 1 aliphatic heterocycles. The summed E-state index contributed by atoms with van der Waals surface area (Å²) in [6.45, 7) is 2.83. The summed E-state index contributed by atoms with van der Waals surface area (Å²) < 4.78 is 15.0. The van der Waals surface area contributed by atoms with Crippen LogP contribution in [0.15, 0.2) is 49.1 Å². The van der Waals surface area contributed by atoms with E-state index in [1.165, 1.54) is 12.1 Å². The van der Waals surface area contributed by atoms with Gasteiger partial charge in [-0.1, -0.05) is 12.1 Å². The van der Waals surface area contributed by atoms with Crippen molar-refractivity contribution in [1.29, 1.82) is 0 Å². The Labute approximate surface area is 167 Å². The Bertz CT molecular complexity index is 1190. The summed E-state index contributed by atoms with van der Waals surface area (Å²) in [6.07, 6.45) is 7.25. The standard InChI is InChI=1S/C21H20FN7/c1-13-10-24-21-19(20(23)27-29(21)11-13)16-9-18(26-12-25-16)28-8-2-3-17(28)14-4-6-15(22)7-5-14/h4-7,9-12,17H,2-3,8H2,1H3,(H2,23,27).